The molecule has 0 amide bonds. The molecule has 0 aliphatic carbocycles. The van der Waals surface area contributed by atoms with Crippen LogP contribution < -0.4 is 11.1 Å². The van der Waals surface area contributed by atoms with Crippen molar-refractivity contribution in [2.75, 3.05) is 17.6 Å². The number of nitrogens with two attached hydrogens (primary N) is 1. The third kappa shape index (κ3) is 3.09. The third-order valence-electron chi connectivity index (χ3n) is 3.00. The summed E-state index contributed by atoms with van der Waals surface area (Å²) in [4.78, 5) is 0. The molecular weight excluding hydrogens is 293 g/mol. The Morgan fingerprint density at radius 2 is 2.29 bits per heavy atom. The minimum atomic E-state index is -0.567. The normalized spacial score (nSPS) is 10.4. The van der Waals surface area contributed by atoms with Gasteiger partial charge in [0.1, 0.15) is 23.3 Å². The van der Waals surface area contributed by atoms with Crippen molar-refractivity contribution in [1.29, 1.82) is 5.26 Å². The summed E-state index contributed by atoms with van der Waals surface area (Å²) in [6.45, 7) is 2.76. The first-order valence-corrected chi connectivity index (χ1v) is 6.94. The monoisotopic (exact) mass is 307 g/mol. The largest absolute Gasteiger partial charge is 0.382 e. The minimum Gasteiger partial charge on any atom is -0.382 e. The van der Waals surface area contributed by atoms with Gasteiger partial charge in [0.15, 0.2) is 5.82 Å². The number of hydrogen-bond acceptors (Lipinski definition) is 4. The molecule has 1 aromatic carbocycles. The van der Waals surface area contributed by atoms with Crippen LogP contribution in [0.5, 0.6) is 0 Å². The second-order valence-electron chi connectivity index (χ2n) is 4.51. The molecule has 2 rings (SSSR count). The molecule has 0 radical (unpaired) electrons. The number of halogens is 2. The van der Waals surface area contributed by atoms with E-state index in [4.69, 9.17) is 17.3 Å². The van der Waals surface area contributed by atoms with Crippen LogP contribution in [0.3, 0.4) is 0 Å². The summed E-state index contributed by atoms with van der Waals surface area (Å²) in [6, 6.07) is 6.25. The summed E-state index contributed by atoms with van der Waals surface area (Å²) < 4.78 is 14.9. The van der Waals surface area contributed by atoms with E-state index in [0.29, 0.717) is 18.1 Å². The number of anilines is 2. The SMILES string of the molecule is CCCCNc1nn(-c2ccc(Cl)c(F)c2)c(N)c1C#N. The van der Waals surface area contributed by atoms with Crippen LogP contribution in [-0.4, -0.2) is 16.3 Å². The molecule has 0 atom stereocenters. The Bertz CT molecular complexity index is 689. The summed E-state index contributed by atoms with van der Waals surface area (Å²) in [5.74, 6) is 0.0000885. The number of nitriles is 1. The molecule has 0 aliphatic heterocycles. The second kappa shape index (κ2) is 6.46. The van der Waals surface area contributed by atoms with Crippen LogP contribution in [0.1, 0.15) is 25.3 Å². The summed E-state index contributed by atoms with van der Waals surface area (Å²) in [7, 11) is 0. The van der Waals surface area contributed by atoms with Crippen LogP contribution in [0.2, 0.25) is 5.02 Å². The van der Waals surface area contributed by atoms with Gasteiger partial charge in [0, 0.05) is 12.6 Å². The van der Waals surface area contributed by atoms with Crippen molar-refractivity contribution < 1.29 is 4.39 Å². The van der Waals surface area contributed by atoms with Crippen molar-refractivity contribution in [3.8, 4) is 11.8 Å². The summed E-state index contributed by atoms with van der Waals surface area (Å²) >= 11 is 5.66. The third-order valence-corrected chi connectivity index (χ3v) is 3.31. The molecule has 2 aromatic rings. The van der Waals surface area contributed by atoms with Crippen LogP contribution in [0.15, 0.2) is 18.2 Å². The van der Waals surface area contributed by atoms with Gasteiger partial charge >= 0.3 is 0 Å². The Balaban J connectivity index is 2.40. The molecule has 0 saturated heterocycles. The maximum atomic E-state index is 13.5. The van der Waals surface area contributed by atoms with E-state index in [1.807, 2.05) is 6.07 Å². The van der Waals surface area contributed by atoms with Gasteiger partial charge in [-0.3, -0.25) is 0 Å². The van der Waals surface area contributed by atoms with Crippen molar-refractivity contribution >= 4 is 23.2 Å². The Hall–Kier alpha value is -2.26. The topological polar surface area (TPSA) is 79.7 Å². The van der Waals surface area contributed by atoms with Crippen molar-refractivity contribution in [3.63, 3.8) is 0 Å². The molecule has 5 nitrogen and oxygen atoms in total. The van der Waals surface area contributed by atoms with Gasteiger partial charge in [-0.05, 0) is 18.6 Å². The van der Waals surface area contributed by atoms with Gasteiger partial charge < -0.3 is 11.1 Å². The lowest BCUT2D eigenvalue weighted by molar-refractivity contribution is 0.626. The number of benzene rings is 1. The Morgan fingerprint density at radius 3 is 2.90 bits per heavy atom. The maximum Gasteiger partial charge on any atom is 0.168 e. The Morgan fingerprint density at radius 1 is 1.52 bits per heavy atom. The summed E-state index contributed by atoms with van der Waals surface area (Å²) in [5.41, 5.74) is 6.58. The van der Waals surface area contributed by atoms with Crippen LogP contribution in [0.4, 0.5) is 16.0 Å². The van der Waals surface area contributed by atoms with E-state index >= 15 is 0 Å². The van der Waals surface area contributed by atoms with E-state index in [1.54, 1.807) is 6.07 Å². The fourth-order valence-electron chi connectivity index (χ4n) is 1.86. The number of nitrogens with zero attached hydrogens (tertiary/aromatic N) is 3. The van der Waals surface area contributed by atoms with Crippen LogP contribution in [0.25, 0.3) is 5.69 Å². The average Bonchev–Trinajstić information content (AvgIpc) is 2.78. The fourth-order valence-corrected chi connectivity index (χ4v) is 1.98. The zero-order valence-corrected chi connectivity index (χ0v) is 12.3. The van der Waals surface area contributed by atoms with Crippen molar-refractivity contribution in [2.24, 2.45) is 0 Å². The highest BCUT2D eigenvalue weighted by atomic mass is 35.5. The van der Waals surface area contributed by atoms with Gasteiger partial charge in [-0.1, -0.05) is 24.9 Å². The zero-order chi connectivity index (χ0) is 15.4. The number of rotatable bonds is 5. The molecule has 21 heavy (non-hydrogen) atoms. The molecule has 0 spiro atoms. The molecular formula is C14H15ClFN5. The number of nitrogen functional groups attached to an aromatic ring is 1. The molecule has 110 valence electrons. The fraction of sp³-hybridized carbons (Fsp3) is 0.286. The lowest BCUT2D eigenvalue weighted by Crippen LogP contribution is -2.04. The molecule has 0 saturated carbocycles. The average molecular weight is 308 g/mol. The van der Waals surface area contributed by atoms with Crippen molar-refractivity contribution in [1.82, 2.24) is 9.78 Å². The smallest absolute Gasteiger partial charge is 0.168 e. The molecule has 1 aromatic heterocycles. The molecule has 0 bridgehead atoms. The number of hydrogen-bond donors (Lipinski definition) is 2. The summed E-state index contributed by atoms with van der Waals surface area (Å²) in [6.07, 6.45) is 1.97. The van der Waals surface area contributed by atoms with E-state index in [2.05, 4.69) is 17.3 Å². The molecule has 0 fully saturated rings. The van der Waals surface area contributed by atoms with E-state index in [1.165, 1.54) is 16.8 Å². The zero-order valence-electron chi connectivity index (χ0n) is 11.5. The lowest BCUT2D eigenvalue weighted by atomic mass is 10.3. The van der Waals surface area contributed by atoms with E-state index in [-0.39, 0.29) is 16.4 Å². The van der Waals surface area contributed by atoms with Crippen LogP contribution in [-0.2, 0) is 0 Å². The quantitative estimate of drug-likeness (QED) is 0.830. The van der Waals surface area contributed by atoms with Crippen LogP contribution >= 0.6 is 11.6 Å². The Labute approximate surface area is 127 Å². The van der Waals surface area contributed by atoms with E-state index in [0.717, 1.165) is 12.8 Å². The van der Waals surface area contributed by atoms with Crippen LogP contribution in [0, 0.1) is 17.1 Å². The minimum absolute atomic E-state index is 0.0197. The van der Waals surface area contributed by atoms with Gasteiger partial charge in [0.25, 0.3) is 0 Å². The highest BCUT2D eigenvalue weighted by Gasteiger charge is 2.17. The first-order chi connectivity index (χ1) is 10.1. The Kier molecular flexibility index (Phi) is 4.66. The first-order valence-electron chi connectivity index (χ1n) is 6.56. The predicted molar refractivity (Wildman–Crippen MR) is 81.1 cm³/mol. The van der Waals surface area contributed by atoms with Crippen molar-refractivity contribution in [3.05, 3.63) is 34.6 Å². The standard InChI is InChI=1S/C14H15ClFN5/c1-2-3-6-19-14-10(8-17)13(18)21(20-14)9-4-5-11(15)12(16)7-9/h4-5,7H,2-3,6,18H2,1H3,(H,19,20). The highest BCUT2D eigenvalue weighted by Crippen LogP contribution is 2.26. The number of nitrogens with one attached hydrogen (secondary N) is 1. The van der Waals surface area contributed by atoms with Crippen molar-refractivity contribution in [2.45, 2.75) is 19.8 Å². The summed E-state index contributed by atoms with van der Waals surface area (Å²) in [5, 5.41) is 16.5. The second-order valence-corrected chi connectivity index (χ2v) is 4.92. The number of aromatic nitrogens is 2. The predicted octanol–water partition coefficient (Wildman–Crippen LogP) is 3.33. The van der Waals surface area contributed by atoms with E-state index < -0.39 is 5.82 Å². The van der Waals surface area contributed by atoms with Gasteiger partial charge in [-0.25, -0.2) is 9.07 Å². The number of unbranched alkanes of at least 4 members (excludes halogenated alkanes) is 1. The molecule has 0 aliphatic rings. The lowest BCUT2D eigenvalue weighted by Gasteiger charge is -2.04. The maximum absolute atomic E-state index is 13.5. The molecule has 0 unspecified atom stereocenters. The van der Waals surface area contributed by atoms with Gasteiger partial charge in [0.05, 0.1) is 10.7 Å². The molecule has 7 heteroatoms. The van der Waals surface area contributed by atoms with Gasteiger partial charge in [0.2, 0.25) is 0 Å². The van der Waals surface area contributed by atoms with Gasteiger partial charge in [-0.15, -0.1) is 5.10 Å². The molecule has 3 N–H and O–H groups in total. The molecule has 1 heterocycles. The van der Waals surface area contributed by atoms with E-state index in [9.17, 15) is 9.65 Å². The van der Waals surface area contributed by atoms with Gasteiger partial charge in [-0.2, -0.15) is 5.26 Å². The first kappa shape index (κ1) is 15.1. The highest BCUT2D eigenvalue weighted by molar-refractivity contribution is 6.30.